The minimum Gasteiger partial charge on any atom is -0.462 e. The molecule has 0 N–H and O–H groups in total. The number of allylic oxidation sites excluding steroid dienone is 14. The molecule has 0 rings (SSSR count). The van der Waals surface area contributed by atoms with Crippen molar-refractivity contribution in [1.82, 2.24) is 0 Å². The normalized spacial score (nSPS) is 12.7. The summed E-state index contributed by atoms with van der Waals surface area (Å²) in [6.07, 6.45) is 67.0. The van der Waals surface area contributed by atoms with E-state index in [2.05, 4.69) is 87.6 Å². The minimum absolute atomic E-state index is 0.0956. The highest BCUT2D eigenvalue weighted by molar-refractivity contribution is 5.71. The van der Waals surface area contributed by atoms with Crippen molar-refractivity contribution in [2.24, 2.45) is 0 Å². The SMILES string of the molecule is CC\C=C/C=C\C=C/C=C\CCCCCCCC(=O)OC(COC(=O)CCCCC/C=C\CCCCCCCCC)COC(=O)CCCCCCCCC/C=C\C/C=C\CCCCC. The second-order valence-corrected chi connectivity index (χ2v) is 17.5. The van der Waals surface area contributed by atoms with Gasteiger partial charge in [-0.2, -0.15) is 0 Å². The zero-order chi connectivity index (χ0) is 46.5. The largest absolute Gasteiger partial charge is 0.462 e. The molecule has 64 heavy (non-hydrogen) atoms. The third kappa shape index (κ3) is 49.6. The van der Waals surface area contributed by atoms with Gasteiger partial charge in [-0.3, -0.25) is 14.4 Å². The fourth-order valence-electron chi connectivity index (χ4n) is 7.18. The highest BCUT2D eigenvalue weighted by Gasteiger charge is 2.19. The van der Waals surface area contributed by atoms with Crippen molar-refractivity contribution in [1.29, 1.82) is 0 Å². The van der Waals surface area contributed by atoms with Crippen LogP contribution in [0.5, 0.6) is 0 Å². The maximum atomic E-state index is 12.8. The molecule has 0 aromatic heterocycles. The lowest BCUT2D eigenvalue weighted by atomic mass is 10.1. The zero-order valence-electron chi connectivity index (χ0n) is 41.8. The molecule has 6 heteroatoms. The van der Waals surface area contributed by atoms with Gasteiger partial charge in [0.1, 0.15) is 13.2 Å². The Morgan fingerprint density at radius 3 is 1.14 bits per heavy atom. The van der Waals surface area contributed by atoms with E-state index < -0.39 is 6.10 Å². The molecule has 0 radical (unpaired) electrons. The van der Waals surface area contributed by atoms with Crippen LogP contribution in [0.15, 0.2) is 85.1 Å². The first-order valence-corrected chi connectivity index (χ1v) is 26.6. The molecule has 0 aliphatic rings. The molecule has 0 aliphatic carbocycles. The van der Waals surface area contributed by atoms with Crippen LogP contribution in [0, 0.1) is 0 Å². The number of carbonyl (C=O) groups excluding carboxylic acids is 3. The molecule has 0 spiro atoms. The van der Waals surface area contributed by atoms with E-state index in [-0.39, 0.29) is 31.1 Å². The van der Waals surface area contributed by atoms with Crippen LogP contribution in [-0.2, 0) is 28.6 Å². The van der Waals surface area contributed by atoms with Gasteiger partial charge in [0.25, 0.3) is 0 Å². The minimum atomic E-state index is -0.798. The summed E-state index contributed by atoms with van der Waals surface area (Å²) >= 11 is 0. The number of hydrogen-bond acceptors (Lipinski definition) is 6. The second kappa shape index (κ2) is 52.2. The Bertz CT molecular complexity index is 1250. The molecule has 0 aliphatic heterocycles. The number of unbranched alkanes of at least 4 members (excludes halogenated alkanes) is 25. The predicted molar refractivity (Wildman–Crippen MR) is 274 cm³/mol. The Morgan fingerprint density at radius 2 is 0.672 bits per heavy atom. The first kappa shape index (κ1) is 60.6. The lowest BCUT2D eigenvalue weighted by molar-refractivity contribution is -0.167. The van der Waals surface area contributed by atoms with Gasteiger partial charge >= 0.3 is 17.9 Å². The molecule has 0 saturated heterocycles. The van der Waals surface area contributed by atoms with Crippen LogP contribution in [0.4, 0.5) is 0 Å². The van der Waals surface area contributed by atoms with Gasteiger partial charge in [-0.25, -0.2) is 0 Å². The fourth-order valence-corrected chi connectivity index (χ4v) is 7.18. The third-order valence-electron chi connectivity index (χ3n) is 11.2. The summed E-state index contributed by atoms with van der Waals surface area (Å²) in [5.41, 5.74) is 0. The second-order valence-electron chi connectivity index (χ2n) is 17.5. The maximum Gasteiger partial charge on any atom is 0.306 e. The molecule has 0 amide bonds. The molecule has 0 aromatic rings. The monoisotopic (exact) mass is 891 g/mol. The Hall–Kier alpha value is -3.41. The van der Waals surface area contributed by atoms with Crippen LogP contribution < -0.4 is 0 Å². The van der Waals surface area contributed by atoms with Crippen LogP contribution in [0.1, 0.15) is 245 Å². The summed E-state index contributed by atoms with van der Waals surface area (Å²) in [6, 6.07) is 0. The number of esters is 3. The average molecular weight is 891 g/mol. The third-order valence-corrected chi connectivity index (χ3v) is 11.2. The van der Waals surface area contributed by atoms with Crippen LogP contribution >= 0.6 is 0 Å². The summed E-state index contributed by atoms with van der Waals surface area (Å²) < 4.78 is 16.8. The standard InChI is InChI=1S/C58H98O6/c1-4-7-10-13-16-19-22-25-28-29-31-33-36-39-42-45-48-51-57(60)63-54-55(53-62-56(59)50-47-44-41-38-35-32-27-24-21-18-15-12-9-6-3)64-58(61)52-49-46-43-40-37-34-30-26-23-20-17-14-11-8-5-2/h8,11,14,16-17,19-20,23,25-26,28,30,32,35,55H,4-7,9-10,12-13,15,18,21-22,24,27,29,31,33-34,36-54H2,1-3H3/b11-8-,17-14-,19-16-,23-20-,28-25-,30-26-,35-32-. The number of rotatable bonds is 47. The van der Waals surface area contributed by atoms with Crippen molar-refractivity contribution >= 4 is 17.9 Å². The molecule has 0 saturated carbocycles. The smallest absolute Gasteiger partial charge is 0.306 e. The van der Waals surface area contributed by atoms with Gasteiger partial charge in [0, 0.05) is 19.3 Å². The van der Waals surface area contributed by atoms with E-state index in [0.717, 1.165) is 109 Å². The van der Waals surface area contributed by atoms with Gasteiger partial charge in [-0.1, -0.05) is 215 Å². The first-order chi connectivity index (χ1) is 31.5. The van der Waals surface area contributed by atoms with E-state index in [4.69, 9.17) is 14.2 Å². The van der Waals surface area contributed by atoms with Crippen LogP contribution in [0.25, 0.3) is 0 Å². The Labute approximate surface area is 395 Å². The summed E-state index contributed by atoms with van der Waals surface area (Å²) in [4.78, 5) is 38.0. The maximum absolute atomic E-state index is 12.8. The summed E-state index contributed by atoms with van der Waals surface area (Å²) in [6.45, 7) is 6.43. The molecular formula is C58H98O6. The molecule has 0 aromatic carbocycles. The first-order valence-electron chi connectivity index (χ1n) is 26.6. The Balaban J connectivity index is 4.46. The van der Waals surface area contributed by atoms with Crippen LogP contribution in [-0.4, -0.2) is 37.2 Å². The van der Waals surface area contributed by atoms with E-state index >= 15 is 0 Å². The van der Waals surface area contributed by atoms with Gasteiger partial charge in [0.05, 0.1) is 0 Å². The van der Waals surface area contributed by atoms with Gasteiger partial charge in [0.2, 0.25) is 0 Å². The summed E-state index contributed by atoms with van der Waals surface area (Å²) in [7, 11) is 0. The predicted octanol–water partition coefficient (Wildman–Crippen LogP) is 17.6. The Morgan fingerprint density at radius 1 is 0.344 bits per heavy atom. The average Bonchev–Trinajstić information content (AvgIpc) is 3.29. The quantitative estimate of drug-likeness (QED) is 0.0199. The number of ether oxygens (including phenoxy) is 3. The van der Waals surface area contributed by atoms with Gasteiger partial charge in [-0.05, 0) is 96.3 Å². The van der Waals surface area contributed by atoms with E-state index in [1.165, 1.54) is 96.3 Å². The summed E-state index contributed by atoms with van der Waals surface area (Å²) in [5.74, 6) is -0.942. The van der Waals surface area contributed by atoms with E-state index in [0.29, 0.717) is 19.3 Å². The topological polar surface area (TPSA) is 78.9 Å². The van der Waals surface area contributed by atoms with Crippen molar-refractivity contribution in [3.05, 3.63) is 85.1 Å². The zero-order valence-corrected chi connectivity index (χ0v) is 41.8. The van der Waals surface area contributed by atoms with E-state index in [1.807, 2.05) is 18.2 Å². The van der Waals surface area contributed by atoms with Crippen molar-refractivity contribution in [2.45, 2.75) is 252 Å². The van der Waals surface area contributed by atoms with Gasteiger partial charge < -0.3 is 14.2 Å². The molecule has 1 unspecified atom stereocenters. The molecule has 0 heterocycles. The van der Waals surface area contributed by atoms with Crippen molar-refractivity contribution in [3.63, 3.8) is 0 Å². The van der Waals surface area contributed by atoms with Crippen molar-refractivity contribution in [3.8, 4) is 0 Å². The number of hydrogen-bond donors (Lipinski definition) is 0. The highest BCUT2D eigenvalue weighted by atomic mass is 16.6. The van der Waals surface area contributed by atoms with E-state index in [9.17, 15) is 14.4 Å². The molecule has 0 bridgehead atoms. The van der Waals surface area contributed by atoms with Crippen LogP contribution in [0.2, 0.25) is 0 Å². The van der Waals surface area contributed by atoms with E-state index in [1.54, 1.807) is 0 Å². The molecule has 6 nitrogen and oxygen atoms in total. The molecular weight excluding hydrogens is 793 g/mol. The van der Waals surface area contributed by atoms with Gasteiger partial charge in [0.15, 0.2) is 6.10 Å². The molecule has 366 valence electrons. The number of carbonyl (C=O) groups is 3. The molecule has 1 atom stereocenters. The molecule has 0 fully saturated rings. The summed E-state index contributed by atoms with van der Waals surface area (Å²) in [5, 5.41) is 0. The van der Waals surface area contributed by atoms with Crippen LogP contribution in [0.3, 0.4) is 0 Å². The Kier molecular flexibility index (Phi) is 49.4. The lowest BCUT2D eigenvalue weighted by Crippen LogP contribution is -2.30. The van der Waals surface area contributed by atoms with Crippen molar-refractivity contribution in [2.75, 3.05) is 13.2 Å². The van der Waals surface area contributed by atoms with Gasteiger partial charge in [-0.15, -0.1) is 0 Å². The highest BCUT2D eigenvalue weighted by Crippen LogP contribution is 2.14. The lowest BCUT2D eigenvalue weighted by Gasteiger charge is -2.18. The fraction of sp³-hybridized carbons (Fsp3) is 0.707. The van der Waals surface area contributed by atoms with Crippen molar-refractivity contribution < 1.29 is 28.6 Å².